The molecule has 1 fully saturated rings. The molecule has 8 nitrogen and oxygen atoms in total. The van der Waals surface area contributed by atoms with Gasteiger partial charge in [0.1, 0.15) is 17.2 Å². The van der Waals surface area contributed by atoms with E-state index >= 15 is 0 Å². The van der Waals surface area contributed by atoms with Gasteiger partial charge in [0.2, 0.25) is 10.5 Å². The number of amides is 2. The fourth-order valence-corrected chi connectivity index (χ4v) is 4.14. The summed E-state index contributed by atoms with van der Waals surface area (Å²) in [6.07, 6.45) is 0.830. The second kappa shape index (κ2) is 7.10. The van der Waals surface area contributed by atoms with Crippen LogP contribution < -0.4 is 10.7 Å². The minimum Gasteiger partial charge on any atom is -0.503 e. The number of fused-ring (bicyclic) bond motifs is 2. The highest BCUT2D eigenvalue weighted by atomic mass is 32.1. The number of benzene rings is 1. The van der Waals surface area contributed by atoms with Gasteiger partial charge in [-0.3, -0.25) is 19.3 Å². The van der Waals surface area contributed by atoms with E-state index in [0.29, 0.717) is 6.07 Å². The molecular formula is C19H17F2N3O5S. The van der Waals surface area contributed by atoms with Crippen molar-refractivity contribution >= 4 is 24.4 Å². The Kier molecular flexibility index (Phi) is 4.82. The number of rotatable bonds is 3. The van der Waals surface area contributed by atoms with Gasteiger partial charge in [-0.15, -0.1) is 12.6 Å². The summed E-state index contributed by atoms with van der Waals surface area (Å²) in [7, 11) is 0. The van der Waals surface area contributed by atoms with Gasteiger partial charge in [0.25, 0.3) is 11.8 Å². The normalized spacial score (nSPS) is 22.6. The average Bonchev–Trinajstić information content (AvgIpc) is 2.98. The Morgan fingerprint density at radius 2 is 2.13 bits per heavy atom. The minimum absolute atomic E-state index is 0.0144. The molecule has 2 atom stereocenters. The number of aromatic hydroxyl groups is 1. The van der Waals surface area contributed by atoms with Crippen molar-refractivity contribution in [2.24, 2.45) is 0 Å². The maximum absolute atomic E-state index is 13.8. The number of nitrogens with zero attached hydrogens (tertiary/aromatic N) is 2. The Balaban J connectivity index is 1.65. The van der Waals surface area contributed by atoms with Crippen molar-refractivity contribution in [3.63, 3.8) is 0 Å². The molecule has 2 aliphatic heterocycles. The highest BCUT2D eigenvalue weighted by molar-refractivity contribution is 7.81. The third kappa shape index (κ3) is 3.23. The van der Waals surface area contributed by atoms with Crippen LogP contribution in [0.3, 0.4) is 0 Å². The van der Waals surface area contributed by atoms with E-state index in [2.05, 4.69) is 17.9 Å². The lowest BCUT2D eigenvalue weighted by molar-refractivity contribution is -0.0348. The Bertz CT molecular complexity index is 1140. The number of pyridine rings is 1. The van der Waals surface area contributed by atoms with Crippen LogP contribution in [0.5, 0.6) is 5.75 Å². The van der Waals surface area contributed by atoms with E-state index in [-0.39, 0.29) is 37.0 Å². The van der Waals surface area contributed by atoms with Gasteiger partial charge in [0, 0.05) is 24.4 Å². The number of ether oxygens (including phenoxy) is 1. The molecule has 3 heterocycles. The molecule has 0 bridgehead atoms. The van der Waals surface area contributed by atoms with Gasteiger partial charge < -0.3 is 19.7 Å². The first-order chi connectivity index (χ1) is 14.1. The van der Waals surface area contributed by atoms with Gasteiger partial charge in [-0.2, -0.15) is 0 Å². The van der Waals surface area contributed by atoms with E-state index in [9.17, 15) is 28.3 Å². The van der Waals surface area contributed by atoms with Crippen LogP contribution in [-0.2, 0) is 17.8 Å². The molecule has 2 N–H and O–H groups in total. The lowest BCUT2D eigenvalue weighted by Gasteiger charge is -2.38. The van der Waals surface area contributed by atoms with Crippen LogP contribution >= 0.6 is 12.6 Å². The number of aromatic nitrogens is 1. The SMILES string of the molecule is C[C@@H]1CN2C(=O)c3c(O)c(=O)c(C(=O)NCc4ccc(F)cc4F)cn3CC2(S)O1. The Labute approximate surface area is 174 Å². The zero-order valence-corrected chi connectivity index (χ0v) is 16.6. The summed E-state index contributed by atoms with van der Waals surface area (Å²) in [6, 6.07) is 2.88. The highest BCUT2D eigenvalue weighted by Gasteiger charge is 2.51. The van der Waals surface area contributed by atoms with Crippen molar-refractivity contribution in [1.82, 2.24) is 14.8 Å². The van der Waals surface area contributed by atoms with Crippen LogP contribution in [0.2, 0.25) is 0 Å². The van der Waals surface area contributed by atoms with E-state index < -0.39 is 45.2 Å². The fraction of sp³-hybridized carbons (Fsp3) is 0.316. The number of hydrogen-bond donors (Lipinski definition) is 3. The van der Waals surface area contributed by atoms with Gasteiger partial charge in [-0.05, 0) is 13.0 Å². The van der Waals surface area contributed by atoms with Crippen molar-refractivity contribution in [3.8, 4) is 5.75 Å². The van der Waals surface area contributed by atoms with Crippen molar-refractivity contribution in [3.05, 3.63) is 63.1 Å². The second-order valence-electron chi connectivity index (χ2n) is 7.20. The lowest BCUT2D eigenvalue weighted by Crippen LogP contribution is -2.53. The fourth-order valence-electron chi connectivity index (χ4n) is 3.63. The topological polar surface area (TPSA) is 101 Å². The lowest BCUT2D eigenvalue weighted by atomic mass is 10.1. The molecule has 0 radical (unpaired) electrons. The summed E-state index contributed by atoms with van der Waals surface area (Å²) in [5.41, 5.74) is -1.72. The summed E-state index contributed by atoms with van der Waals surface area (Å²) in [4.78, 5) is 39.1. The molecule has 0 saturated carbocycles. The van der Waals surface area contributed by atoms with Gasteiger partial charge in [0.15, 0.2) is 11.4 Å². The molecule has 0 spiro atoms. The largest absolute Gasteiger partial charge is 0.503 e. The van der Waals surface area contributed by atoms with E-state index in [0.717, 1.165) is 12.3 Å². The molecule has 0 aliphatic carbocycles. The van der Waals surface area contributed by atoms with Crippen molar-refractivity contribution in [2.75, 3.05) is 6.54 Å². The second-order valence-corrected chi connectivity index (χ2v) is 7.90. The highest BCUT2D eigenvalue weighted by Crippen LogP contribution is 2.38. The molecule has 4 rings (SSSR count). The molecule has 2 aromatic rings. The Hall–Kier alpha value is -2.92. The third-order valence-electron chi connectivity index (χ3n) is 5.03. The maximum Gasteiger partial charge on any atom is 0.277 e. The minimum atomic E-state index is -1.28. The van der Waals surface area contributed by atoms with E-state index in [1.54, 1.807) is 6.92 Å². The number of thiol groups is 1. The zero-order chi connectivity index (χ0) is 21.8. The van der Waals surface area contributed by atoms with Crippen LogP contribution in [0.15, 0.2) is 29.2 Å². The molecular weight excluding hydrogens is 420 g/mol. The molecule has 1 aromatic carbocycles. The molecule has 1 aromatic heterocycles. The number of hydrogen-bond acceptors (Lipinski definition) is 6. The Morgan fingerprint density at radius 1 is 1.40 bits per heavy atom. The smallest absolute Gasteiger partial charge is 0.277 e. The molecule has 2 amide bonds. The predicted octanol–water partition coefficient (Wildman–Crippen LogP) is 1.22. The number of nitrogens with one attached hydrogen (secondary N) is 1. The van der Waals surface area contributed by atoms with Gasteiger partial charge >= 0.3 is 0 Å². The quantitative estimate of drug-likeness (QED) is 0.627. The first-order valence-electron chi connectivity index (χ1n) is 9.01. The maximum atomic E-state index is 13.8. The van der Waals surface area contributed by atoms with Crippen LogP contribution in [0.1, 0.15) is 33.3 Å². The van der Waals surface area contributed by atoms with Crippen LogP contribution in [0, 0.1) is 11.6 Å². The molecule has 2 aliphatic rings. The summed E-state index contributed by atoms with van der Waals surface area (Å²) in [6.45, 7) is 1.66. The van der Waals surface area contributed by atoms with Crippen molar-refractivity contribution in [1.29, 1.82) is 0 Å². The summed E-state index contributed by atoms with van der Waals surface area (Å²) < 4.78 is 33.7. The molecule has 1 saturated heterocycles. The zero-order valence-electron chi connectivity index (χ0n) is 15.7. The predicted molar refractivity (Wildman–Crippen MR) is 103 cm³/mol. The van der Waals surface area contributed by atoms with Crippen LogP contribution in [0.4, 0.5) is 8.78 Å². The molecule has 11 heteroatoms. The van der Waals surface area contributed by atoms with Crippen LogP contribution in [-0.4, -0.2) is 44.1 Å². The first-order valence-corrected chi connectivity index (χ1v) is 9.46. The molecule has 30 heavy (non-hydrogen) atoms. The number of carbonyl (C=O) groups is 2. The average molecular weight is 437 g/mol. The molecule has 1 unspecified atom stereocenters. The van der Waals surface area contributed by atoms with Crippen molar-refractivity contribution < 1.29 is 28.2 Å². The standard InChI is InChI=1S/C19H17F2N3O5S/c1-9-6-24-18(28)14-16(26)15(25)12(7-23(14)8-19(24,30)29-9)17(27)22-5-10-2-3-11(20)4-13(10)21/h2-4,7,9,26,30H,5-6,8H2,1H3,(H,22,27)/t9-,19?/m1/s1. The monoisotopic (exact) mass is 437 g/mol. The number of halogens is 2. The Morgan fingerprint density at radius 3 is 2.83 bits per heavy atom. The summed E-state index contributed by atoms with van der Waals surface area (Å²) >= 11 is 4.43. The third-order valence-corrected chi connectivity index (χ3v) is 5.52. The van der Waals surface area contributed by atoms with E-state index in [4.69, 9.17) is 4.74 Å². The van der Waals surface area contributed by atoms with Crippen LogP contribution in [0.25, 0.3) is 0 Å². The van der Waals surface area contributed by atoms with Crippen molar-refractivity contribution in [2.45, 2.75) is 31.2 Å². The van der Waals surface area contributed by atoms with Gasteiger partial charge in [-0.1, -0.05) is 6.07 Å². The van der Waals surface area contributed by atoms with E-state index in [1.165, 1.54) is 15.5 Å². The summed E-state index contributed by atoms with van der Waals surface area (Å²) in [5, 5.41) is 11.4. The van der Waals surface area contributed by atoms with Gasteiger partial charge in [0.05, 0.1) is 19.2 Å². The molecule has 158 valence electrons. The van der Waals surface area contributed by atoms with Gasteiger partial charge in [-0.25, -0.2) is 8.78 Å². The first kappa shape index (κ1) is 20.4. The van der Waals surface area contributed by atoms with E-state index in [1.807, 2.05) is 0 Å². The summed E-state index contributed by atoms with van der Waals surface area (Å²) in [5.74, 6) is -4.01. The number of carbonyl (C=O) groups excluding carboxylic acids is 2.